The van der Waals surface area contributed by atoms with Gasteiger partial charge in [0.25, 0.3) is 0 Å². The standard InChI is InChI=1S/C10H10ClN3O/c1-14-10(12)8(5-13-14)7-4-6(15)2-3-9(7)11/h2-5,15H,12H2,1H3. The number of nitrogens with zero attached hydrogens (tertiary/aromatic N) is 2. The minimum absolute atomic E-state index is 0.151. The van der Waals surface area contributed by atoms with Crippen LogP contribution < -0.4 is 5.73 Å². The number of anilines is 1. The Labute approximate surface area is 91.9 Å². The number of rotatable bonds is 1. The molecule has 0 aliphatic heterocycles. The Hall–Kier alpha value is -1.68. The molecule has 0 spiro atoms. The van der Waals surface area contributed by atoms with Gasteiger partial charge in [0.1, 0.15) is 11.6 Å². The van der Waals surface area contributed by atoms with E-state index in [0.29, 0.717) is 16.4 Å². The first-order valence-electron chi connectivity index (χ1n) is 4.36. The van der Waals surface area contributed by atoms with Crippen molar-refractivity contribution >= 4 is 17.4 Å². The summed E-state index contributed by atoms with van der Waals surface area (Å²) < 4.78 is 1.55. The molecule has 2 rings (SSSR count). The summed E-state index contributed by atoms with van der Waals surface area (Å²) in [5, 5.41) is 13.9. The van der Waals surface area contributed by atoms with Crippen molar-refractivity contribution in [3.63, 3.8) is 0 Å². The SMILES string of the molecule is Cn1ncc(-c2cc(O)ccc2Cl)c1N. The monoisotopic (exact) mass is 223 g/mol. The zero-order valence-corrected chi connectivity index (χ0v) is 8.86. The molecule has 0 radical (unpaired) electrons. The largest absolute Gasteiger partial charge is 0.508 e. The zero-order chi connectivity index (χ0) is 11.0. The van der Waals surface area contributed by atoms with Gasteiger partial charge in [-0.1, -0.05) is 11.6 Å². The molecule has 5 heteroatoms. The maximum absolute atomic E-state index is 9.37. The van der Waals surface area contributed by atoms with Crippen LogP contribution in [0.5, 0.6) is 5.75 Å². The van der Waals surface area contributed by atoms with Crippen LogP contribution in [0.1, 0.15) is 0 Å². The van der Waals surface area contributed by atoms with Gasteiger partial charge in [-0.15, -0.1) is 0 Å². The molecule has 0 amide bonds. The Kier molecular flexibility index (Phi) is 2.28. The van der Waals surface area contributed by atoms with Gasteiger partial charge >= 0.3 is 0 Å². The van der Waals surface area contributed by atoms with Crippen molar-refractivity contribution in [3.8, 4) is 16.9 Å². The van der Waals surface area contributed by atoms with Crippen molar-refractivity contribution in [2.24, 2.45) is 7.05 Å². The van der Waals surface area contributed by atoms with Crippen LogP contribution in [0.2, 0.25) is 5.02 Å². The first-order valence-corrected chi connectivity index (χ1v) is 4.73. The van der Waals surface area contributed by atoms with E-state index in [-0.39, 0.29) is 5.75 Å². The summed E-state index contributed by atoms with van der Waals surface area (Å²) in [6.45, 7) is 0. The number of aromatic nitrogens is 2. The fourth-order valence-corrected chi connectivity index (χ4v) is 1.59. The Balaban J connectivity index is 2.63. The number of hydrogen-bond acceptors (Lipinski definition) is 3. The number of aryl methyl sites for hydroxylation is 1. The average Bonchev–Trinajstić information content (AvgIpc) is 2.52. The van der Waals surface area contributed by atoms with Gasteiger partial charge in [-0.2, -0.15) is 5.10 Å². The van der Waals surface area contributed by atoms with Crippen molar-refractivity contribution in [3.05, 3.63) is 29.4 Å². The van der Waals surface area contributed by atoms with E-state index in [2.05, 4.69) is 5.10 Å². The summed E-state index contributed by atoms with van der Waals surface area (Å²) in [6, 6.07) is 4.72. The topological polar surface area (TPSA) is 64.1 Å². The third kappa shape index (κ3) is 1.64. The highest BCUT2D eigenvalue weighted by Crippen LogP contribution is 2.33. The Morgan fingerprint density at radius 3 is 2.73 bits per heavy atom. The predicted octanol–water partition coefficient (Wildman–Crippen LogP) is 2.03. The summed E-state index contributed by atoms with van der Waals surface area (Å²) >= 11 is 6.01. The van der Waals surface area contributed by atoms with Crippen molar-refractivity contribution in [2.75, 3.05) is 5.73 Å². The Bertz CT molecular complexity index is 507. The highest BCUT2D eigenvalue weighted by Gasteiger charge is 2.11. The molecule has 0 bridgehead atoms. The van der Waals surface area contributed by atoms with Crippen LogP contribution >= 0.6 is 11.6 Å². The van der Waals surface area contributed by atoms with E-state index in [9.17, 15) is 5.11 Å². The average molecular weight is 224 g/mol. The molecule has 0 unspecified atom stereocenters. The van der Waals surface area contributed by atoms with Crippen LogP contribution in [-0.2, 0) is 7.05 Å². The molecule has 0 aliphatic rings. The molecule has 0 saturated carbocycles. The molecule has 0 atom stereocenters. The fraction of sp³-hybridized carbons (Fsp3) is 0.100. The lowest BCUT2D eigenvalue weighted by molar-refractivity contribution is 0.475. The summed E-state index contributed by atoms with van der Waals surface area (Å²) in [6.07, 6.45) is 1.62. The second-order valence-electron chi connectivity index (χ2n) is 3.23. The van der Waals surface area contributed by atoms with E-state index >= 15 is 0 Å². The first kappa shape index (κ1) is 9.86. The number of phenols is 1. The van der Waals surface area contributed by atoms with E-state index in [1.165, 1.54) is 6.07 Å². The van der Waals surface area contributed by atoms with E-state index in [1.54, 1.807) is 30.1 Å². The highest BCUT2D eigenvalue weighted by molar-refractivity contribution is 6.33. The molecular formula is C10H10ClN3O. The second-order valence-corrected chi connectivity index (χ2v) is 3.64. The minimum atomic E-state index is 0.151. The van der Waals surface area contributed by atoms with Crippen LogP contribution in [0, 0.1) is 0 Å². The Morgan fingerprint density at radius 1 is 1.40 bits per heavy atom. The normalized spacial score (nSPS) is 10.5. The molecule has 1 aromatic carbocycles. The van der Waals surface area contributed by atoms with Gasteiger partial charge in [0, 0.05) is 23.2 Å². The molecule has 3 N–H and O–H groups in total. The first-order chi connectivity index (χ1) is 7.09. The quantitative estimate of drug-likeness (QED) is 0.778. The number of benzene rings is 1. The van der Waals surface area contributed by atoms with Gasteiger partial charge in [0.05, 0.1) is 6.20 Å². The number of nitrogen functional groups attached to an aromatic ring is 1. The molecule has 0 fully saturated rings. The van der Waals surface area contributed by atoms with Gasteiger partial charge in [-0.25, -0.2) is 0 Å². The number of halogens is 1. The molecular weight excluding hydrogens is 214 g/mol. The summed E-state index contributed by atoms with van der Waals surface area (Å²) in [5.74, 6) is 0.667. The third-order valence-electron chi connectivity index (χ3n) is 2.22. The molecule has 78 valence electrons. The number of phenolic OH excluding ortho intramolecular Hbond substituents is 1. The molecule has 1 aromatic heterocycles. The summed E-state index contributed by atoms with van der Waals surface area (Å²) in [5.41, 5.74) is 7.22. The minimum Gasteiger partial charge on any atom is -0.508 e. The lowest BCUT2D eigenvalue weighted by atomic mass is 10.1. The zero-order valence-electron chi connectivity index (χ0n) is 8.11. The van der Waals surface area contributed by atoms with Crippen LogP contribution in [0.3, 0.4) is 0 Å². The lowest BCUT2D eigenvalue weighted by Gasteiger charge is -2.04. The van der Waals surface area contributed by atoms with Crippen molar-refractivity contribution in [1.82, 2.24) is 9.78 Å². The van der Waals surface area contributed by atoms with Crippen LogP contribution in [-0.4, -0.2) is 14.9 Å². The second kappa shape index (κ2) is 3.47. The molecule has 0 saturated heterocycles. The van der Waals surface area contributed by atoms with Gasteiger partial charge in [-0.3, -0.25) is 4.68 Å². The van der Waals surface area contributed by atoms with Crippen LogP contribution in [0.4, 0.5) is 5.82 Å². The van der Waals surface area contributed by atoms with E-state index in [1.807, 2.05) is 0 Å². The lowest BCUT2D eigenvalue weighted by Crippen LogP contribution is -1.98. The molecule has 2 aromatic rings. The number of hydrogen-bond donors (Lipinski definition) is 2. The van der Waals surface area contributed by atoms with Gasteiger partial charge in [-0.05, 0) is 18.2 Å². The maximum atomic E-state index is 9.37. The molecule has 4 nitrogen and oxygen atoms in total. The predicted molar refractivity (Wildman–Crippen MR) is 59.7 cm³/mol. The summed E-state index contributed by atoms with van der Waals surface area (Å²) in [7, 11) is 1.75. The van der Waals surface area contributed by atoms with Gasteiger partial charge in [0.15, 0.2) is 0 Å². The molecule has 15 heavy (non-hydrogen) atoms. The number of aromatic hydroxyl groups is 1. The summed E-state index contributed by atoms with van der Waals surface area (Å²) in [4.78, 5) is 0. The van der Waals surface area contributed by atoms with Crippen LogP contribution in [0.25, 0.3) is 11.1 Å². The highest BCUT2D eigenvalue weighted by atomic mass is 35.5. The van der Waals surface area contributed by atoms with Crippen LogP contribution in [0.15, 0.2) is 24.4 Å². The van der Waals surface area contributed by atoms with E-state index < -0.39 is 0 Å². The third-order valence-corrected chi connectivity index (χ3v) is 2.55. The maximum Gasteiger partial charge on any atom is 0.129 e. The molecule has 1 heterocycles. The van der Waals surface area contributed by atoms with Gasteiger partial charge in [0.2, 0.25) is 0 Å². The van der Waals surface area contributed by atoms with Crippen molar-refractivity contribution < 1.29 is 5.11 Å². The smallest absolute Gasteiger partial charge is 0.129 e. The molecule has 0 aliphatic carbocycles. The van der Waals surface area contributed by atoms with E-state index in [4.69, 9.17) is 17.3 Å². The number of nitrogens with two attached hydrogens (primary N) is 1. The fourth-order valence-electron chi connectivity index (χ4n) is 1.37. The van der Waals surface area contributed by atoms with Crippen molar-refractivity contribution in [2.45, 2.75) is 0 Å². The Morgan fingerprint density at radius 2 is 2.13 bits per heavy atom. The van der Waals surface area contributed by atoms with Gasteiger partial charge < -0.3 is 10.8 Å². The van der Waals surface area contributed by atoms with E-state index in [0.717, 1.165) is 5.56 Å². The van der Waals surface area contributed by atoms with Crippen molar-refractivity contribution in [1.29, 1.82) is 0 Å².